The van der Waals surface area contributed by atoms with Crippen molar-refractivity contribution in [3.8, 4) is 0 Å². The lowest BCUT2D eigenvalue weighted by atomic mass is 10.2. The summed E-state index contributed by atoms with van der Waals surface area (Å²) < 4.78 is 26.8. The first-order valence-electron chi connectivity index (χ1n) is 10.8. The van der Waals surface area contributed by atoms with Crippen LogP contribution in [0.4, 0.5) is 0 Å². The first-order valence-corrected chi connectivity index (χ1v) is 13.3. The average molecular weight is 488 g/mol. The van der Waals surface area contributed by atoms with E-state index < -0.39 is 10.0 Å². The van der Waals surface area contributed by atoms with Gasteiger partial charge in [-0.1, -0.05) is 42.5 Å². The summed E-state index contributed by atoms with van der Waals surface area (Å²) >= 11 is 1.32. The van der Waals surface area contributed by atoms with Crippen molar-refractivity contribution in [3.05, 3.63) is 71.1 Å². The van der Waals surface area contributed by atoms with Crippen molar-refractivity contribution < 1.29 is 18.0 Å². The minimum absolute atomic E-state index is 0.0603. The van der Waals surface area contributed by atoms with E-state index in [2.05, 4.69) is 5.32 Å². The first kappa shape index (κ1) is 25.0. The molecule has 2 aromatic carbocycles. The number of carbonyl (C=O) groups is 2. The summed E-state index contributed by atoms with van der Waals surface area (Å²) in [5.74, 6) is -0.0127. The van der Waals surface area contributed by atoms with E-state index in [0.29, 0.717) is 18.7 Å². The number of carbonyl (C=O) groups excluding carboxylic acids is 2. The minimum Gasteiger partial charge on any atom is -0.353 e. The molecule has 0 atom stereocenters. The van der Waals surface area contributed by atoms with Gasteiger partial charge in [0, 0.05) is 42.5 Å². The fourth-order valence-electron chi connectivity index (χ4n) is 3.41. The molecular formula is C24H29N3O4S2. The van der Waals surface area contributed by atoms with Crippen LogP contribution in [0.5, 0.6) is 0 Å². The topological polar surface area (TPSA) is 86.8 Å². The number of nitrogens with zero attached hydrogens (tertiary/aromatic N) is 2. The highest BCUT2D eigenvalue weighted by molar-refractivity contribution is 8.00. The highest BCUT2D eigenvalue weighted by Crippen LogP contribution is 2.24. The number of sulfonamides is 1. The second-order valence-electron chi connectivity index (χ2n) is 7.96. The predicted molar refractivity (Wildman–Crippen MR) is 132 cm³/mol. The molecule has 0 unspecified atom stereocenters. The zero-order chi connectivity index (χ0) is 23.8. The molecule has 0 aliphatic carbocycles. The third-order valence-corrected chi connectivity index (χ3v) is 7.68. The monoisotopic (exact) mass is 487 g/mol. The first-order chi connectivity index (χ1) is 15.8. The standard InChI is InChI=1S/C24H29N3O4S2/c1-19(2)25-23(28)18-32-22-11-7-6-10-21(22)24(29)26-13-15-27(16-14-26)33(30,31)17-12-20-8-4-3-5-9-20/h3-12,17,19H,13-16,18H2,1-2H3,(H,25,28). The van der Waals surface area contributed by atoms with Crippen LogP contribution in [0.25, 0.3) is 6.08 Å². The molecule has 1 N–H and O–H groups in total. The van der Waals surface area contributed by atoms with Crippen LogP contribution in [0.3, 0.4) is 0 Å². The van der Waals surface area contributed by atoms with E-state index in [4.69, 9.17) is 0 Å². The molecular weight excluding hydrogens is 458 g/mol. The number of amides is 2. The predicted octanol–water partition coefficient (Wildman–Crippen LogP) is 3.06. The molecule has 33 heavy (non-hydrogen) atoms. The molecule has 1 aliphatic rings. The molecule has 0 saturated carbocycles. The van der Waals surface area contributed by atoms with Crippen LogP contribution in [0.1, 0.15) is 29.8 Å². The molecule has 1 heterocycles. The molecule has 2 amide bonds. The normalized spacial score (nSPS) is 15.2. The van der Waals surface area contributed by atoms with Crippen LogP contribution in [0, 0.1) is 0 Å². The van der Waals surface area contributed by atoms with Gasteiger partial charge in [0.2, 0.25) is 15.9 Å². The van der Waals surface area contributed by atoms with Crippen LogP contribution in [0.15, 0.2) is 64.9 Å². The second-order valence-corrected chi connectivity index (χ2v) is 10.8. The van der Waals surface area contributed by atoms with Crippen LogP contribution in [-0.2, 0) is 14.8 Å². The Morgan fingerprint density at radius 1 is 1.00 bits per heavy atom. The molecule has 1 aliphatic heterocycles. The van der Waals surface area contributed by atoms with Gasteiger partial charge in [-0.15, -0.1) is 11.8 Å². The molecule has 3 rings (SSSR count). The molecule has 1 saturated heterocycles. The van der Waals surface area contributed by atoms with E-state index >= 15 is 0 Å². The quantitative estimate of drug-likeness (QED) is 0.579. The van der Waals surface area contributed by atoms with Gasteiger partial charge in [-0.25, -0.2) is 8.42 Å². The Hall–Kier alpha value is -2.62. The Labute approximate surface area is 199 Å². The van der Waals surface area contributed by atoms with Gasteiger partial charge >= 0.3 is 0 Å². The number of nitrogens with one attached hydrogen (secondary N) is 1. The molecule has 0 radical (unpaired) electrons. The molecule has 0 spiro atoms. The number of piperazine rings is 1. The van der Waals surface area contributed by atoms with Gasteiger partial charge in [-0.2, -0.15) is 4.31 Å². The van der Waals surface area contributed by atoms with Gasteiger partial charge in [0.05, 0.1) is 11.3 Å². The molecule has 2 aromatic rings. The molecule has 9 heteroatoms. The Morgan fingerprint density at radius 3 is 2.30 bits per heavy atom. The minimum atomic E-state index is -3.57. The van der Waals surface area contributed by atoms with E-state index in [0.717, 1.165) is 10.5 Å². The van der Waals surface area contributed by atoms with Crippen LogP contribution < -0.4 is 5.32 Å². The van der Waals surface area contributed by atoms with Crippen molar-refractivity contribution in [2.24, 2.45) is 0 Å². The fraction of sp³-hybridized carbons (Fsp3) is 0.333. The Morgan fingerprint density at radius 2 is 1.64 bits per heavy atom. The van der Waals surface area contributed by atoms with Crippen molar-refractivity contribution in [2.75, 3.05) is 31.9 Å². The van der Waals surface area contributed by atoms with Crippen LogP contribution in [-0.4, -0.2) is 67.4 Å². The SMILES string of the molecule is CC(C)NC(=O)CSc1ccccc1C(=O)N1CCN(S(=O)(=O)C=Cc2ccccc2)CC1. The lowest BCUT2D eigenvalue weighted by Crippen LogP contribution is -2.50. The number of thioether (sulfide) groups is 1. The number of hydrogen-bond donors (Lipinski definition) is 1. The summed E-state index contributed by atoms with van der Waals surface area (Å²) in [6, 6.07) is 16.5. The average Bonchev–Trinajstić information content (AvgIpc) is 2.81. The van der Waals surface area contributed by atoms with Gasteiger partial charge in [-0.3, -0.25) is 9.59 Å². The third kappa shape index (κ3) is 7.18. The number of benzene rings is 2. The van der Waals surface area contributed by atoms with Crippen molar-refractivity contribution in [1.82, 2.24) is 14.5 Å². The maximum atomic E-state index is 13.1. The smallest absolute Gasteiger partial charge is 0.255 e. The summed E-state index contributed by atoms with van der Waals surface area (Å²) in [6.07, 6.45) is 1.58. The highest BCUT2D eigenvalue weighted by atomic mass is 32.2. The largest absolute Gasteiger partial charge is 0.353 e. The van der Waals surface area contributed by atoms with Crippen molar-refractivity contribution in [3.63, 3.8) is 0 Å². The maximum Gasteiger partial charge on any atom is 0.255 e. The van der Waals surface area contributed by atoms with E-state index in [1.54, 1.807) is 23.1 Å². The zero-order valence-electron chi connectivity index (χ0n) is 18.8. The number of hydrogen-bond acceptors (Lipinski definition) is 5. The molecule has 0 bridgehead atoms. The lowest BCUT2D eigenvalue weighted by molar-refractivity contribution is -0.119. The van der Waals surface area contributed by atoms with E-state index in [1.165, 1.54) is 21.5 Å². The van der Waals surface area contributed by atoms with Crippen molar-refractivity contribution >= 4 is 39.7 Å². The number of rotatable bonds is 8. The fourth-order valence-corrected chi connectivity index (χ4v) is 5.44. The van der Waals surface area contributed by atoms with Crippen molar-refractivity contribution in [2.45, 2.75) is 24.8 Å². The molecule has 0 aromatic heterocycles. The lowest BCUT2D eigenvalue weighted by Gasteiger charge is -2.33. The summed E-state index contributed by atoms with van der Waals surface area (Å²) in [5, 5.41) is 4.06. The zero-order valence-corrected chi connectivity index (χ0v) is 20.4. The summed E-state index contributed by atoms with van der Waals surface area (Å²) in [7, 11) is -3.57. The van der Waals surface area contributed by atoms with E-state index in [-0.39, 0.29) is 36.7 Å². The van der Waals surface area contributed by atoms with Gasteiger partial charge in [0.25, 0.3) is 5.91 Å². The Bertz CT molecular complexity index is 1090. The molecule has 7 nitrogen and oxygen atoms in total. The van der Waals surface area contributed by atoms with Gasteiger partial charge in [-0.05, 0) is 37.6 Å². The van der Waals surface area contributed by atoms with E-state index in [1.807, 2.05) is 56.3 Å². The van der Waals surface area contributed by atoms with Crippen LogP contribution in [0.2, 0.25) is 0 Å². The van der Waals surface area contributed by atoms with Gasteiger partial charge in [0.15, 0.2) is 0 Å². The third-order valence-electron chi connectivity index (χ3n) is 5.04. The molecule has 1 fully saturated rings. The Kier molecular flexibility index (Phi) is 8.71. The van der Waals surface area contributed by atoms with E-state index in [9.17, 15) is 18.0 Å². The maximum absolute atomic E-state index is 13.1. The summed E-state index contributed by atoms with van der Waals surface area (Å²) in [4.78, 5) is 27.5. The molecule has 176 valence electrons. The second kappa shape index (κ2) is 11.5. The summed E-state index contributed by atoms with van der Waals surface area (Å²) in [5.41, 5.74) is 1.34. The van der Waals surface area contributed by atoms with Gasteiger partial charge < -0.3 is 10.2 Å². The van der Waals surface area contributed by atoms with Gasteiger partial charge in [0.1, 0.15) is 0 Å². The van der Waals surface area contributed by atoms with Crippen LogP contribution >= 0.6 is 11.8 Å². The summed E-state index contributed by atoms with van der Waals surface area (Å²) in [6.45, 7) is 4.89. The van der Waals surface area contributed by atoms with Crippen molar-refractivity contribution in [1.29, 1.82) is 0 Å². The Balaban J connectivity index is 1.60. The highest BCUT2D eigenvalue weighted by Gasteiger charge is 2.28.